The molecular weight excluding hydrogens is 470 g/mol. The monoisotopic (exact) mass is 501 g/mol. The number of hydrogen-bond donors (Lipinski definition) is 0. The maximum absolute atomic E-state index is 9.09. The molecule has 36 heavy (non-hydrogen) atoms. The number of hydrogen-bond acceptors (Lipinski definition) is 8. The zero-order valence-electron chi connectivity index (χ0n) is 20.6. The van der Waals surface area contributed by atoms with Crippen molar-refractivity contribution in [2.75, 3.05) is 44.7 Å². The van der Waals surface area contributed by atoms with Gasteiger partial charge in [-0.2, -0.15) is 10.2 Å². The number of nitriles is 1. The number of nitrogens with zero attached hydrogens (tertiary/aromatic N) is 5. The van der Waals surface area contributed by atoms with Gasteiger partial charge in [-0.15, -0.1) is 0 Å². The van der Waals surface area contributed by atoms with Crippen molar-refractivity contribution in [2.45, 2.75) is 35.7 Å². The highest BCUT2D eigenvalue weighted by molar-refractivity contribution is 7.99. The van der Waals surface area contributed by atoms with Crippen molar-refractivity contribution in [2.24, 2.45) is 5.92 Å². The predicted molar refractivity (Wildman–Crippen MR) is 141 cm³/mol. The standard InChI is InChI=1S/C28H31N5O2S/c1-34-24-4-2-3-23(17-24)20-35-27-26(36-25-9-7-22(18-29)8-10-25)19-30-28(31-27)33-15-13-32(14-16-33)12-11-21-5-6-21/h2-4,7-10,17,19,21H,5-6,11-16,20H2,1H3. The second-order valence-electron chi connectivity index (χ2n) is 9.28. The van der Waals surface area contributed by atoms with Gasteiger partial charge in [0.1, 0.15) is 12.4 Å². The summed E-state index contributed by atoms with van der Waals surface area (Å²) in [7, 11) is 1.66. The number of aromatic nitrogens is 2. The van der Waals surface area contributed by atoms with Gasteiger partial charge in [0, 0.05) is 31.1 Å². The molecule has 1 saturated heterocycles. The first kappa shape index (κ1) is 24.4. The Labute approximate surface area is 217 Å². The van der Waals surface area contributed by atoms with Crippen LogP contribution in [-0.2, 0) is 6.61 Å². The molecule has 0 N–H and O–H groups in total. The lowest BCUT2D eigenvalue weighted by Gasteiger charge is -2.34. The molecule has 0 spiro atoms. The summed E-state index contributed by atoms with van der Waals surface area (Å²) < 4.78 is 11.6. The van der Waals surface area contributed by atoms with Gasteiger partial charge in [0.25, 0.3) is 0 Å². The summed E-state index contributed by atoms with van der Waals surface area (Å²) in [6, 6.07) is 17.5. The van der Waals surface area contributed by atoms with Crippen LogP contribution in [0.15, 0.2) is 64.5 Å². The van der Waals surface area contributed by atoms with E-state index in [1.165, 1.54) is 37.6 Å². The lowest BCUT2D eigenvalue weighted by atomic mass is 10.2. The highest BCUT2D eigenvalue weighted by Gasteiger charge is 2.25. The van der Waals surface area contributed by atoms with Crippen LogP contribution >= 0.6 is 11.8 Å². The average molecular weight is 502 g/mol. The molecule has 1 aliphatic heterocycles. The Morgan fingerprint density at radius 3 is 2.61 bits per heavy atom. The zero-order chi connectivity index (χ0) is 24.7. The molecule has 7 nitrogen and oxygen atoms in total. The minimum absolute atomic E-state index is 0.379. The summed E-state index contributed by atoms with van der Waals surface area (Å²) in [5.41, 5.74) is 1.64. The first-order valence-electron chi connectivity index (χ1n) is 12.5. The summed E-state index contributed by atoms with van der Waals surface area (Å²) >= 11 is 1.54. The third kappa shape index (κ3) is 6.48. The second-order valence-corrected chi connectivity index (χ2v) is 10.4. The lowest BCUT2D eigenvalue weighted by Crippen LogP contribution is -2.47. The van der Waals surface area contributed by atoms with Gasteiger partial charge < -0.3 is 14.4 Å². The van der Waals surface area contributed by atoms with Gasteiger partial charge in [0.05, 0.1) is 29.8 Å². The maximum atomic E-state index is 9.09. The number of anilines is 1. The molecule has 0 atom stereocenters. The van der Waals surface area contributed by atoms with Crippen LogP contribution in [0.25, 0.3) is 0 Å². The topological polar surface area (TPSA) is 74.5 Å². The molecule has 2 fully saturated rings. The van der Waals surface area contributed by atoms with E-state index in [0.29, 0.717) is 24.0 Å². The molecule has 0 unspecified atom stereocenters. The largest absolute Gasteiger partial charge is 0.497 e. The number of benzene rings is 2. The molecule has 0 bridgehead atoms. The smallest absolute Gasteiger partial charge is 0.232 e. The van der Waals surface area contributed by atoms with E-state index in [9.17, 15) is 0 Å². The third-order valence-corrected chi connectivity index (χ3v) is 7.64. The minimum Gasteiger partial charge on any atom is -0.497 e. The van der Waals surface area contributed by atoms with E-state index < -0.39 is 0 Å². The SMILES string of the molecule is COc1cccc(COc2nc(N3CCN(CCC4CC4)CC3)ncc2Sc2ccc(C#N)cc2)c1. The van der Waals surface area contributed by atoms with Crippen LogP contribution in [0, 0.1) is 17.2 Å². The van der Waals surface area contributed by atoms with Crippen LogP contribution in [0.5, 0.6) is 11.6 Å². The molecule has 3 aromatic rings. The number of rotatable bonds is 10. The molecule has 2 aliphatic rings. The Balaban J connectivity index is 1.30. The van der Waals surface area contributed by atoms with Gasteiger partial charge in [0.2, 0.25) is 11.8 Å². The molecule has 5 rings (SSSR count). The fourth-order valence-corrected chi connectivity index (χ4v) is 5.08. The highest BCUT2D eigenvalue weighted by atomic mass is 32.2. The Morgan fingerprint density at radius 1 is 1.08 bits per heavy atom. The van der Waals surface area contributed by atoms with Crippen LogP contribution < -0.4 is 14.4 Å². The van der Waals surface area contributed by atoms with Crippen molar-refractivity contribution in [1.82, 2.24) is 14.9 Å². The van der Waals surface area contributed by atoms with Gasteiger partial charge in [-0.3, -0.25) is 4.90 Å². The Bertz CT molecular complexity index is 1200. The van der Waals surface area contributed by atoms with E-state index in [1.54, 1.807) is 7.11 Å². The second kappa shape index (κ2) is 11.6. The van der Waals surface area contributed by atoms with E-state index in [1.807, 2.05) is 54.7 Å². The Kier molecular flexibility index (Phi) is 7.89. The summed E-state index contributed by atoms with van der Waals surface area (Å²) in [6.45, 7) is 5.50. The van der Waals surface area contributed by atoms with Crippen molar-refractivity contribution in [3.05, 3.63) is 65.9 Å². The van der Waals surface area contributed by atoms with Crippen LogP contribution in [0.3, 0.4) is 0 Å². The van der Waals surface area contributed by atoms with E-state index in [-0.39, 0.29) is 0 Å². The van der Waals surface area contributed by atoms with E-state index in [0.717, 1.165) is 53.2 Å². The minimum atomic E-state index is 0.379. The molecule has 0 radical (unpaired) electrons. The van der Waals surface area contributed by atoms with Crippen LogP contribution in [0.1, 0.15) is 30.4 Å². The van der Waals surface area contributed by atoms with E-state index in [4.69, 9.17) is 24.7 Å². The first-order valence-corrected chi connectivity index (χ1v) is 13.3. The molecule has 1 aliphatic carbocycles. The Hall–Kier alpha value is -3.28. The normalized spacial score (nSPS) is 15.9. The molecule has 2 heterocycles. The number of methoxy groups -OCH3 is 1. The molecule has 1 saturated carbocycles. The Morgan fingerprint density at radius 2 is 1.89 bits per heavy atom. The molecule has 2 aromatic carbocycles. The highest BCUT2D eigenvalue weighted by Crippen LogP contribution is 2.35. The molecule has 8 heteroatoms. The van der Waals surface area contributed by atoms with Gasteiger partial charge in [-0.1, -0.05) is 36.7 Å². The predicted octanol–water partition coefficient (Wildman–Crippen LogP) is 5.01. The molecular formula is C28H31N5O2S. The molecule has 1 aromatic heterocycles. The van der Waals surface area contributed by atoms with Gasteiger partial charge in [-0.05, 0) is 60.8 Å². The fraction of sp³-hybridized carbons (Fsp3) is 0.393. The zero-order valence-corrected chi connectivity index (χ0v) is 21.4. The quantitative estimate of drug-likeness (QED) is 0.384. The van der Waals surface area contributed by atoms with Crippen molar-refractivity contribution >= 4 is 17.7 Å². The molecule has 0 amide bonds. The van der Waals surface area contributed by atoms with Gasteiger partial charge >= 0.3 is 0 Å². The third-order valence-electron chi connectivity index (χ3n) is 6.64. The van der Waals surface area contributed by atoms with E-state index >= 15 is 0 Å². The first-order chi connectivity index (χ1) is 17.7. The number of ether oxygens (including phenoxy) is 2. The maximum Gasteiger partial charge on any atom is 0.232 e. The van der Waals surface area contributed by atoms with Gasteiger partial charge in [0.15, 0.2) is 0 Å². The van der Waals surface area contributed by atoms with Crippen molar-refractivity contribution in [1.29, 1.82) is 5.26 Å². The summed E-state index contributed by atoms with van der Waals surface area (Å²) in [6.07, 6.45) is 6.02. The van der Waals surface area contributed by atoms with Crippen LogP contribution in [-0.4, -0.2) is 54.7 Å². The fourth-order valence-electron chi connectivity index (χ4n) is 4.25. The number of piperazine rings is 1. The average Bonchev–Trinajstić information content (AvgIpc) is 3.77. The summed E-state index contributed by atoms with van der Waals surface area (Å²) in [5, 5.41) is 9.09. The van der Waals surface area contributed by atoms with Crippen LogP contribution in [0.2, 0.25) is 0 Å². The van der Waals surface area contributed by atoms with Gasteiger partial charge in [-0.25, -0.2) is 4.98 Å². The van der Waals surface area contributed by atoms with Crippen LogP contribution in [0.4, 0.5) is 5.95 Å². The van der Waals surface area contributed by atoms with Crippen molar-refractivity contribution in [3.8, 4) is 17.7 Å². The van der Waals surface area contributed by atoms with E-state index in [2.05, 4.69) is 15.9 Å². The lowest BCUT2D eigenvalue weighted by molar-refractivity contribution is 0.248. The van der Waals surface area contributed by atoms with Crippen molar-refractivity contribution in [3.63, 3.8) is 0 Å². The molecule has 186 valence electrons. The summed E-state index contributed by atoms with van der Waals surface area (Å²) in [5.74, 6) is 3.04. The summed E-state index contributed by atoms with van der Waals surface area (Å²) in [4.78, 5) is 16.2. The van der Waals surface area contributed by atoms with Crippen molar-refractivity contribution < 1.29 is 9.47 Å².